The normalized spacial score (nSPS) is 10.4. The highest BCUT2D eigenvalue weighted by Crippen LogP contribution is 2.27. The summed E-state index contributed by atoms with van der Waals surface area (Å²) in [6, 6.07) is 5.23. The van der Waals surface area contributed by atoms with Gasteiger partial charge >= 0.3 is 5.97 Å². The lowest BCUT2D eigenvalue weighted by molar-refractivity contribution is 0.0698. The lowest BCUT2D eigenvalue weighted by atomic mass is 10.1. The number of nitrogen functional groups attached to an aromatic ring is 1. The Kier molecular flexibility index (Phi) is 6.19. The summed E-state index contributed by atoms with van der Waals surface area (Å²) in [5.74, 6) is -0.967. The maximum absolute atomic E-state index is 11.1. The summed E-state index contributed by atoms with van der Waals surface area (Å²) < 4.78 is 0. The molecule has 0 fully saturated rings. The molecule has 3 N–H and O–H groups in total. The molecule has 0 bridgehead atoms. The van der Waals surface area contributed by atoms with E-state index in [1.807, 2.05) is 6.07 Å². The largest absolute Gasteiger partial charge is 0.478 e. The van der Waals surface area contributed by atoms with Crippen molar-refractivity contribution >= 4 is 17.3 Å². The molecule has 0 spiro atoms. The van der Waals surface area contributed by atoms with Gasteiger partial charge in [0.25, 0.3) is 0 Å². The number of anilines is 2. The minimum atomic E-state index is -0.967. The van der Waals surface area contributed by atoms with E-state index in [0.29, 0.717) is 5.69 Å². The Morgan fingerprint density at radius 3 is 2.26 bits per heavy atom. The molecule has 0 saturated heterocycles. The Labute approximate surface area is 115 Å². The maximum atomic E-state index is 11.1. The van der Waals surface area contributed by atoms with E-state index >= 15 is 0 Å². The standard InChI is InChI=1S/C15H24N2O2/c1-3-5-10-17(11-6-4-2)13-9-7-8-12(14(13)16)15(18)19/h7-9H,3-6,10-11,16H2,1-2H3,(H,18,19). The molecule has 1 aromatic carbocycles. The smallest absolute Gasteiger partial charge is 0.337 e. The zero-order chi connectivity index (χ0) is 14.3. The fourth-order valence-electron chi connectivity index (χ4n) is 2.07. The number of aromatic carboxylic acids is 1. The number of unbranched alkanes of at least 4 members (excludes halogenated alkanes) is 2. The molecule has 1 rings (SSSR count). The molecule has 0 aliphatic rings. The molecule has 1 aromatic rings. The van der Waals surface area contributed by atoms with Crippen molar-refractivity contribution in [3.05, 3.63) is 23.8 Å². The van der Waals surface area contributed by atoms with Crippen LogP contribution in [0.3, 0.4) is 0 Å². The summed E-state index contributed by atoms with van der Waals surface area (Å²) in [6.07, 6.45) is 4.39. The number of carboxylic acids is 1. The van der Waals surface area contributed by atoms with Crippen molar-refractivity contribution in [2.75, 3.05) is 23.7 Å². The highest BCUT2D eigenvalue weighted by Gasteiger charge is 2.15. The summed E-state index contributed by atoms with van der Waals surface area (Å²) in [6.45, 7) is 6.14. The average Bonchev–Trinajstić information content (AvgIpc) is 2.39. The molecule has 0 heterocycles. The van der Waals surface area contributed by atoms with Gasteiger partial charge in [0.1, 0.15) is 0 Å². The van der Waals surface area contributed by atoms with Gasteiger partial charge in [-0.2, -0.15) is 0 Å². The lowest BCUT2D eigenvalue weighted by Crippen LogP contribution is -2.27. The fraction of sp³-hybridized carbons (Fsp3) is 0.533. The van der Waals surface area contributed by atoms with Gasteiger partial charge in [0, 0.05) is 13.1 Å². The quantitative estimate of drug-likeness (QED) is 0.706. The molecule has 0 aliphatic heterocycles. The molecule has 0 amide bonds. The molecule has 0 aromatic heterocycles. The van der Waals surface area contributed by atoms with Gasteiger partial charge in [-0.15, -0.1) is 0 Å². The van der Waals surface area contributed by atoms with Crippen molar-refractivity contribution in [2.45, 2.75) is 39.5 Å². The highest BCUT2D eigenvalue weighted by molar-refractivity contribution is 5.97. The predicted octanol–water partition coefficient (Wildman–Crippen LogP) is 3.37. The third-order valence-corrected chi connectivity index (χ3v) is 3.22. The zero-order valence-electron chi connectivity index (χ0n) is 11.9. The number of rotatable bonds is 8. The Morgan fingerprint density at radius 2 is 1.79 bits per heavy atom. The molecule has 4 nitrogen and oxygen atoms in total. The van der Waals surface area contributed by atoms with E-state index in [1.165, 1.54) is 0 Å². The Balaban J connectivity index is 2.99. The molecular weight excluding hydrogens is 240 g/mol. The van der Waals surface area contributed by atoms with Gasteiger partial charge in [-0.25, -0.2) is 4.79 Å². The first-order valence-electron chi connectivity index (χ1n) is 6.98. The Bertz CT molecular complexity index is 411. The van der Waals surface area contributed by atoms with Gasteiger partial charge in [0.05, 0.1) is 16.9 Å². The van der Waals surface area contributed by atoms with Gasteiger partial charge in [0.2, 0.25) is 0 Å². The van der Waals surface area contributed by atoms with E-state index in [9.17, 15) is 4.79 Å². The summed E-state index contributed by atoms with van der Waals surface area (Å²) in [5, 5.41) is 9.13. The van der Waals surface area contributed by atoms with Gasteiger partial charge in [-0.3, -0.25) is 0 Å². The summed E-state index contributed by atoms with van der Waals surface area (Å²) >= 11 is 0. The number of carboxylic acid groups (broad SMARTS) is 1. The molecule has 0 saturated carbocycles. The first-order valence-corrected chi connectivity index (χ1v) is 6.98. The van der Waals surface area contributed by atoms with Crippen LogP contribution in [0.1, 0.15) is 49.9 Å². The summed E-state index contributed by atoms with van der Waals surface area (Å²) in [5.41, 5.74) is 7.42. The van der Waals surface area contributed by atoms with Crippen molar-refractivity contribution in [1.82, 2.24) is 0 Å². The van der Waals surface area contributed by atoms with Crippen molar-refractivity contribution in [3.8, 4) is 0 Å². The second kappa shape index (κ2) is 7.67. The number of para-hydroxylation sites is 1. The van der Waals surface area contributed by atoms with Crippen LogP contribution in [0, 0.1) is 0 Å². The van der Waals surface area contributed by atoms with Crippen LogP contribution >= 0.6 is 0 Å². The maximum Gasteiger partial charge on any atom is 0.337 e. The molecule has 0 atom stereocenters. The van der Waals surface area contributed by atoms with Crippen molar-refractivity contribution < 1.29 is 9.90 Å². The van der Waals surface area contributed by atoms with Crippen LogP contribution in [-0.4, -0.2) is 24.2 Å². The van der Waals surface area contributed by atoms with Crippen LogP contribution in [-0.2, 0) is 0 Å². The van der Waals surface area contributed by atoms with E-state index in [0.717, 1.165) is 44.5 Å². The number of nitrogens with two attached hydrogens (primary N) is 1. The topological polar surface area (TPSA) is 66.6 Å². The SMILES string of the molecule is CCCCN(CCCC)c1cccc(C(=O)O)c1N. The van der Waals surface area contributed by atoms with Gasteiger partial charge in [-0.1, -0.05) is 32.8 Å². The minimum Gasteiger partial charge on any atom is -0.478 e. The number of benzene rings is 1. The molecule has 4 heteroatoms. The average molecular weight is 264 g/mol. The molecule has 0 radical (unpaired) electrons. The number of nitrogens with zero attached hydrogens (tertiary/aromatic N) is 1. The number of hydrogen-bond acceptors (Lipinski definition) is 3. The Morgan fingerprint density at radius 1 is 1.21 bits per heavy atom. The Hall–Kier alpha value is -1.71. The number of carbonyl (C=O) groups is 1. The van der Waals surface area contributed by atoms with Crippen LogP contribution < -0.4 is 10.6 Å². The van der Waals surface area contributed by atoms with Crippen molar-refractivity contribution in [3.63, 3.8) is 0 Å². The molecule has 0 unspecified atom stereocenters. The summed E-state index contributed by atoms with van der Waals surface area (Å²) in [7, 11) is 0. The van der Waals surface area contributed by atoms with E-state index in [1.54, 1.807) is 12.1 Å². The molecule has 19 heavy (non-hydrogen) atoms. The molecular formula is C15H24N2O2. The minimum absolute atomic E-state index is 0.190. The van der Waals surface area contributed by atoms with Crippen LogP contribution in [0.15, 0.2) is 18.2 Å². The van der Waals surface area contributed by atoms with Crippen LogP contribution in [0.4, 0.5) is 11.4 Å². The van der Waals surface area contributed by atoms with E-state index in [2.05, 4.69) is 18.7 Å². The van der Waals surface area contributed by atoms with Gasteiger partial charge in [0.15, 0.2) is 0 Å². The first-order chi connectivity index (χ1) is 9.11. The summed E-state index contributed by atoms with van der Waals surface area (Å²) in [4.78, 5) is 13.3. The van der Waals surface area contributed by atoms with Crippen molar-refractivity contribution in [2.24, 2.45) is 0 Å². The third kappa shape index (κ3) is 4.16. The van der Waals surface area contributed by atoms with Crippen LogP contribution in [0.5, 0.6) is 0 Å². The van der Waals surface area contributed by atoms with Gasteiger partial charge in [-0.05, 0) is 25.0 Å². The molecule has 106 valence electrons. The number of hydrogen-bond donors (Lipinski definition) is 2. The van der Waals surface area contributed by atoms with E-state index in [-0.39, 0.29) is 5.56 Å². The van der Waals surface area contributed by atoms with Gasteiger partial charge < -0.3 is 15.7 Å². The van der Waals surface area contributed by atoms with Crippen molar-refractivity contribution in [1.29, 1.82) is 0 Å². The second-order valence-electron chi connectivity index (χ2n) is 4.74. The van der Waals surface area contributed by atoms with E-state index < -0.39 is 5.97 Å². The third-order valence-electron chi connectivity index (χ3n) is 3.22. The molecule has 0 aliphatic carbocycles. The zero-order valence-corrected chi connectivity index (χ0v) is 11.9. The van der Waals surface area contributed by atoms with Crippen LogP contribution in [0.2, 0.25) is 0 Å². The predicted molar refractivity (Wildman–Crippen MR) is 79.8 cm³/mol. The second-order valence-corrected chi connectivity index (χ2v) is 4.74. The van der Waals surface area contributed by atoms with E-state index in [4.69, 9.17) is 10.8 Å². The van der Waals surface area contributed by atoms with Crippen LogP contribution in [0.25, 0.3) is 0 Å². The fourth-order valence-corrected chi connectivity index (χ4v) is 2.07. The lowest BCUT2D eigenvalue weighted by Gasteiger charge is -2.26. The highest BCUT2D eigenvalue weighted by atomic mass is 16.4. The first kappa shape index (κ1) is 15.3. The monoisotopic (exact) mass is 264 g/mol.